The average Bonchev–Trinajstić information content (AvgIpc) is 3.35. The van der Waals surface area contributed by atoms with E-state index in [-0.39, 0.29) is 5.91 Å². The van der Waals surface area contributed by atoms with Gasteiger partial charge in [-0.1, -0.05) is 31.4 Å². The maximum Gasteiger partial charge on any atom is 0.258 e. The number of aromatic amines is 2. The van der Waals surface area contributed by atoms with Gasteiger partial charge in [0.1, 0.15) is 12.2 Å². The van der Waals surface area contributed by atoms with Crippen molar-refractivity contribution in [2.45, 2.75) is 38.0 Å². The van der Waals surface area contributed by atoms with Crippen molar-refractivity contribution < 1.29 is 4.79 Å². The standard InChI is InChI=1S/C17H19N7O/c25-16(13-8-4-7-12(9-13)14-18-10-19-22-14)21-17-20-15(23-24-17)11-5-2-1-3-6-11/h4,7-11H,1-3,5-6H2,(H,18,19,22)(H2,20,21,23,24,25). The molecule has 0 saturated heterocycles. The summed E-state index contributed by atoms with van der Waals surface area (Å²) in [5, 5.41) is 16.5. The summed E-state index contributed by atoms with van der Waals surface area (Å²) in [6.07, 6.45) is 7.42. The molecule has 0 radical (unpaired) electrons. The molecule has 8 nitrogen and oxygen atoms in total. The Morgan fingerprint density at radius 2 is 2.04 bits per heavy atom. The van der Waals surface area contributed by atoms with Crippen LogP contribution >= 0.6 is 0 Å². The number of anilines is 1. The summed E-state index contributed by atoms with van der Waals surface area (Å²) in [4.78, 5) is 21.0. The van der Waals surface area contributed by atoms with Gasteiger partial charge in [0.25, 0.3) is 5.91 Å². The summed E-state index contributed by atoms with van der Waals surface area (Å²) in [7, 11) is 0. The SMILES string of the molecule is O=C(Nc1n[nH]c(C2CCCCC2)n1)c1cccc(-c2ncn[nH]2)c1. The first kappa shape index (κ1) is 15.5. The number of hydrogen-bond donors (Lipinski definition) is 3. The first-order chi connectivity index (χ1) is 12.3. The highest BCUT2D eigenvalue weighted by Gasteiger charge is 2.20. The van der Waals surface area contributed by atoms with Crippen molar-refractivity contribution in [1.82, 2.24) is 30.4 Å². The molecule has 0 spiro atoms. The van der Waals surface area contributed by atoms with Crippen molar-refractivity contribution >= 4 is 11.9 Å². The largest absolute Gasteiger partial charge is 0.289 e. The van der Waals surface area contributed by atoms with Crippen LogP contribution in [-0.2, 0) is 0 Å². The van der Waals surface area contributed by atoms with E-state index in [2.05, 4.69) is 35.7 Å². The van der Waals surface area contributed by atoms with Gasteiger partial charge in [-0.05, 0) is 25.0 Å². The fourth-order valence-electron chi connectivity index (χ4n) is 3.21. The summed E-state index contributed by atoms with van der Waals surface area (Å²) in [6, 6.07) is 7.16. The van der Waals surface area contributed by atoms with Gasteiger partial charge in [-0.2, -0.15) is 10.1 Å². The molecule has 128 valence electrons. The molecule has 2 aromatic heterocycles. The number of hydrogen-bond acceptors (Lipinski definition) is 5. The normalized spacial score (nSPS) is 15.2. The van der Waals surface area contributed by atoms with E-state index >= 15 is 0 Å². The van der Waals surface area contributed by atoms with Crippen LogP contribution in [0.25, 0.3) is 11.4 Å². The smallest absolute Gasteiger partial charge is 0.258 e. The molecular formula is C17H19N7O. The van der Waals surface area contributed by atoms with E-state index in [0.29, 0.717) is 23.3 Å². The van der Waals surface area contributed by atoms with Crippen LogP contribution in [0.5, 0.6) is 0 Å². The number of aromatic nitrogens is 6. The molecule has 0 bridgehead atoms. The van der Waals surface area contributed by atoms with E-state index in [4.69, 9.17) is 0 Å². The van der Waals surface area contributed by atoms with Crippen LogP contribution in [0, 0.1) is 0 Å². The third-order valence-electron chi connectivity index (χ3n) is 4.53. The second kappa shape index (κ2) is 6.84. The third-order valence-corrected chi connectivity index (χ3v) is 4.53. The summed E-state index contributed by atoms with van der Waals surface area (Å²) in [5.41, 5.74) is 1.31. The molecule has 0 atom stereocenters. The summed E-state index contributed by atoms with van der Waals surface area (Å²) < 4.78 is 0. The van der Waals surface area contributed by atoms with E-state index in [1.165, 1.54) is 25.6 Å². The van der Waals surface area contributed by atoms with Gasteiger partial charge in [-0.3, -0.25) is 20.3 Å². The van der Waals surface area contributed by atoms with Crippen molar-refractivity contribution in [2.75, 3.05) is 5.32 Å². The predicted molar refractivity (Wildman–Crippen MR) is 92.0 cm³/mol. The summed E-state index contributed by atoms with van der Waals surface area (Å²) in [6.45, 7) is 0. The van der Waals surface area contributed by atoms with E-state index < -0.39 is 0 Å². The number of nitrogens with one attached hydrogen (secondary N) is 3. The fraction of sp³-hybridized carbons (Fsp3) is 0.353. The Kier molecular flexibility index (Phi) is 4.24. The molecule has 1 fully saturated rings. The van der Waals surface area contributed by atoms with Gasteiger partial charge in [0.15, 0.2) is 5.82 Å². The first-order valence-electron chi connectivity index (χ1n) is 8.49. The zero-order valence-electron chi connectivity index (χ0n) is 13.7. The third kappa shape index (κ3) is 3.42. The zero-order valence-corrected chi connectivity index (χ0v) is 13.7. The number of benzene rings is 1. The Balaban J connectivity index is 1.47. The monoisotopic (exact) mass is 337 g/mol. The Bertz CT molecular complexity index is 850. The average molecular weight is 337 g/mol. The molecule has 1 aliphatic carbocycles. The zero-order chi connectivity index (χ0) is 17.1. The molecule has 3 N–H and O–H groups in total. The Hall–Kier alpha value is -3.03. The lowest BCUT2D eigenvalue weighted by molar-refractivity contribution is 0.102. The fourth-order valence-corrected chi connectivity index (χ4v) is 3.21. The molecule has 1 aromatic carbocycles. The van der Waals surface area contributed by atoms with Gasteiger partial charge in [-0.25, -0.2) is 4.98 Å². The molecule has 25 heavy (non-hydrogen) atoms. The second-order valence-corrected chi connectivity index (χ2v) is 6.25. The van der Waals surface area contributed by atoms with Gasteiger partial charge >= 0.3 is 0 Å². The lowest BCUT2D eigenvalue weighted by atomic mass is 9.89. The topological polar surface area (TPSA) is 112 Å². The molecule has 0 unspecified atom stereocenters. The van der Waals surface area contributed by atoms with Crippen LogP contribution in [0.2, 0.25) is 0 Å². The van der Waals surface area contributed by atoms with Crippen molar-refractivity contribution in [3.05, 3.63) is 42.0 Å². The molecule has 1 aliphatic rings. The van der Waals surface area contributed by atoms with Gasteiger partial charge in [0.05, 0.1) is 0 Å². The minimum atomic E-state index is -0.254. The van der Waals surface area contributed by atoms with E-state index in [1.54, 1.807) is 18.2 Å². The summed E-state index contributed by atoms with van der Waals surface area (Å²) >= 11 is 0. The lowest BCUT2D eigenvalue weighted by Crippen LogP contribution is -2.13. The van der Waals surface area contributed by atoms with Crippen LogP contribution in [0.3, 0.4) is 0 Å². The highest BCUT2D eigenvalue weighted by molar-refractivity contribution is 6.03. The molecule has 2 heterocycles. The van der Waals surface area contributed by atoms with Crippen molar-refractivity contribution in [2.24, 2.45) is 0 Å². The molecule has 4 rings (SSSR count). The van der Waals surface area contributed by atoms with Gasteiger partial charge in [0.2, 0.25) is 5.95 Å². The summed E-state index contributed by atoms with van der Waals surface area (Å²) in [5.74, 6) is 1.96. The highest BCUT2D eigenvalue weighted by Crippen LogP contribution is 2.30. The van der Waals surface area contributed by atoms with E-state index in [9.17, 15) is 4.79 Å². The molecule has 1 saturated carbocycles. The Morgan fingerprint density at radius 3 is 2.84 bits per heavy atom. The molecule has 3 aromatic rings. The highest BCUT2D eigenvalue weighted by atomic mass is 16.1. The maximum absolute atomic E-state index is 12.5. The van der Waals surface area contributed by atoms with E-state index in [1.807, 2.05) is 6.07 Å². The quantitative estimate of drug-likeness (QED) is 0.677. The number of nitrogens with zero attached hydrogens (tertiary/aromatic N) is 4. The van der Waals surface area contributed by atoms with E-state index in [0.717, 1.165) is 24.2 Å². The number of carbonyl (C=O) groups excluding carboxylic acids is 1. The first-order valence-corrected chi connectivity index (χ1v) is 8.49. The van der Waals surface area contributed by atoms with Crippen LogP contribution in [0.15, 0.2) is 30.6 Å². The maximum atomic E-state index is 12.5. The number of H-pyrrole nitrogens is 2. The van der Waals surface area contributed by atoms with Crippen LogP contribution < -0.4 is 5.32 Å². The number of amides is 1. The minimum Gasteiger partial charge on any atom is -0.289 e. The Labute approximate surface area is 144 Å². The van der Waals surface area contributed by atoms with Gasteiger partial charge in [0, 0.05) is 17.0 Å². The molecule has 8 heteroatoms. The Morgan fingerprint density at radius 1 is 1.16 bits per heavy atom. The molecule has 0 aliphatic heterocycles. The number of rotatable bonds is 4. The van der Waals surface area contributed by atoms with Gasteiger partial charge < -0.3 is 0 Å². The molecule has 1 amide bonds. The second-order valence-electron chi connectivity index (χ2n) is 6.25. The minimum absolute atomic E-state index is 0.254. The molecular weight excluding hydrogens is 318 g/mol. The van der Waals surface area contributed by atoms with Gasteiger partial charge in [-0.15, -0.1) is 5.10 Å². The number of carbonyl (C=O) groups is 1. The van der Waals surface area contributed by atoms with Crippen LogP contribution in [-0.4, -0.2) is 36.3 Å². The van der Waals surface area contributed by atoms with Crippen molar-refractivity contribution in [3.8, 4) is 11.4 Å². The van der Waals surface area contributed by atoms with Crippen molar-refractivity contribution in [3.63, 3.8) is 0 Å². The lowest BCUT2D eigenvalue weighted by Gasteiger charge is -2.18. The predicted octanol–water partition coefficient (Wildman–Crippen LogP) is 2.89. The van der Waals surface area contributed by atoms with Crippen LogP contribution in [0.1, 0.15) is 54.2 Å². The van der Waals surface area contributed by atoms with Crippen molar-refractivity contribution in [1.29, 1.82) is 0 Å². The van der Waals surface area contributed by atoms with Crippen LogP contribution in [0.4, 0.5) is 5.95 Å².